The third-order valence-electron chi connectivity index (χ3n) is 3.47. The van der Waals surface area contributed by atoms with Crippen molar-refractivity contribution in [3.05, 3.63) is 64.0 Å². The van der Waals surface area contributed by atoms with Gasteiger partial charge in [-0.05, 0) is 68.1 Å². The fourth-order valence-electron chi connectivity index (χ4n) is 2.43. The van der Waals surface area contributed by atoms with Gasteiger partial charge < -0.3 is 5.32 Å². The van der Waals surface area contributed by atoms with Crippen molar-refractivity contribution in [3.63, 3.8) is 0 Å². The lowest BCUT2D eigenvalue weighted by Gasteiger charge is -2.13. The van der Waals surface area contributed by atoms with Crippen molar-refractivity contribution in [2.45, 2.75) is 34.2 Å². The van der Waals surface area contributed by atoms with E-state index < -0.39 is 0 Å². The molecule has 0 atom stereocenters. The second kappa shape index (κ2) is 5.43. The predicted molar refractivity (Wildman–Crippen MR) is 79.1 cm³/mol. The Bertz CT molecular complexity index is 579. The van der Waals surface area contributed by atoms with Crippen LogP contribution in [0.25, 0.3) is 0 Å². The number of halogens is 1. The molecule has 2 heteroatoms. The normalized spacial score (nSPS) is 10.6. The maximum absolute atomic E-state index is 13.2. The first-order valence-electron chi connectivity index (χ1n) is 6.54. The van der Waals surface area contributed by atoms with Crippen molar-refractivity contribution in [1.82, 2.24) is 0 Å². The minimum absolute atomic E-state index is 0.159. The van der Waals surface area contributed by atoms with Crippen LogP contribution in [-0.4, -0.2) is 0 Å². The minimum Gasteiger partial charge on any atom is -0.381 e. The van der Waals surface area contributed by atoms with Gasteiger partial charge in [0.1, 0.15) is 5.82 Å². The van der Waals surface area contributed by atoms with Gasteiger partial charge in [0, 0.05) is 12.2 Å². The van der Waals surface area contributed by atoms with Crippen molar-refractivity contribution in [2.24, 2.45) is 0 Å². The topological polar surface area (TPSA) is 12.0 Å². The highest BCUT2D eigenvalue weighted by molar-refractivity contribution is 5.48. The maximum atomic E-state index is 13.2. The number of anilines is 1. The van der Waals surface area contributed by atoms with Gasteiger partial charge in [0.2, 0.25) is 0 Å². The van der Waals surface area contributed by atoms with Gasteiger partial charge in [0.15, 0.2) is 0 Å². The summed E-state index contributed by atoms with van der Waals surface area (Å²) in [6.07, 6.45) is 0. The van der Waals surface area contributed by atoms with Crippen LogP contribution in [0.3, 0.4) is 0 Å². The molecule has 0 aliphatic heterocycles. The molecule has 0 aliphatic carbocycles. The predicted octanol–water partition coefficient (Wildman–Crippen LogP) is 4.67. The molecule has 0 fully saturated rings. The van der Waals surface area contributed by atoms with Crippen molar-refractivity contribution < 1.29 is 4.39 Å². The van der Waals surface area contributed by atoms with Crippen LogP contribution in [0.5, 0.6) is 0 Å². The maximum Gasteiger partial charge on any atom is 0.126 e. The third kappa shape index (κ3) is 3.14. The highest BCUT2D eigenvalue weighted by Gasteiger charge is 2.04. The molecule has 100 valence electrons. The summed E-state index contributed by atoms with van der Waals surface area (Å²) in [6.45, 7) is 8.92. The van der Waals surface area contributed by atoms with Crippen LogP contribution in [0.1, 0.15) is 27.8 Å². The summed E-state index contributed by atoms with van der Waals surface area (Å²) in [7, 11) is 0. The summed E-state index contributed by atoms with van der Waals surface area (Å²) >= 11 is 0. The van der Waals surface area contributed by atoms with Gasteiger partial charge in [0.25, 0.3) is 0 Å². The second-order valence-corrected chi connectivity index (χ2v) is 5.19. The van der Waals surface area contributed by atoms with Crippen LogP contribution in [0, 0.1) is 33.5 Å². The molecular weight excluding hydrogens is 237 g/mol. The molecule has 2 aromatic carbocycles. The third-order valence-corrected chi connectivity index (χ3v) is 3.47. The van der Waals surface area contributed by atoms with E-state index in [1.54, 1.807) is 13.0 Å². The number of nitrogens with one attached hydrogen (secondary N) is 1. The van der Waals surface area contributed by atoms with Gasteiger partial charge in [-0.3, -0.25) is 0 Å². The van der Waals surface area contributed by atoms with E-state index in [4.69, 9.17) is 0 Å². The lowest BCUT2D eigenvalue weighted by atomic mass is 10.00. The van der Waals surface area contributed by atoms with Gasteiger partial charge in [-0.25, -0.2) is 4.39 Å². The quantitative estimate of drug-likeness (QED) is 0.842. The fourth-order valence-corrected chi connectivity index (χ4v) is 2.43. The summed E-state index contributed by atoms with van der Waals surface area (Å²) in [5, 5.41) is 3.36. The number of rotatable bonds is 3. The van der Waals surface area contributed by atoms with Crippen molar-refractivity contribution in [3.8, 4) is 0 Å². The summed E-state index contributed by atoms with van der Waals surface area (Å²) in [5.41, 5.74) is 6.82. The van der Waals surface area contributed by atoms with E-state index in [2.05, 4.69) is 38.2 Å². The van der Waals surface area contributed by atoms with E-state index in [1.807, 2.05) is 6.07 Å². The zero-order valence-corrected chi connectivity index (χ0v) is 12.0. The standard InChI is InChI=1S/C17H20FN/c1-11-7-12(2)16(13(3)8-11)10-19-15-5-6-17(18)14(4)9-15/h5-9,19H,10H2,1-4H3. The average molecular weight is 257 g/mol. The zero-order valence-electron chi connectivity index (χ0n) is 12.0. The van der Waals surface area contributed by atoms with Gasteiger partial charge in [-0.15, -0.1) is 0 Å². The molecule has 0 saturated carbocycles. The van der Waals surface area contributed by atoms with Gasteiger partial charge >= 0.3 is 0 Å². The molecule has 2 aromatic rings. The molecule has 0 bridgehead atoms. The molecular formula is C17H20FN. The average Bonchev–Trinajstić information content (AvgIpc) is 2.32. The number of aryl methyl sites for hydroxylation is 4. The molecule has 0 heterocycles. The molecule has 0 aromatic heterocycles. The first kappa shape index (κ1) is 13.6. The Labute approximate surface area is 114 Å². The lowest BCUT2D eigenvalue weighted by Crippen LogP contribution is -2.04. The van der Waals surface area contributed by atoms with Crippen molar-refractivity contribution >= 4 is 5.69 Å². The SMILES string of the molecule is Cc1cc(C)c(CNc2ccc(F)c(C)c2)c(C)c1. The molecule has 0 saturated heterocycles. The van der Waals surface area contributed by atoms with Gasteiger partial charge in [0.05, 0.1) is 0 Å². The fraction of sp³-hybridized carbons (Fsp3) is 0.294. The van der Waals surface area contributed by atoms with Crippen LogP contribution in [0.4, 0.5) is 10.1 Å². The van der Waals surface area contributed by atoms with E-state index >= 15 is 0 Å². The summed E-state index contributed by atoms with van der Waals surface area (Å²) in [6, 6.07) is 9.52. The van der Waals surface area contributed by atoms with Crippen LogP contribution >= 0.6 is 0 Å². The molecule has 0 radical (unpaired) electrons. The minimum atomic E-state index is -0.159. The highest BCUT2D eigenvalue weighted by atomic mass is 19.1. The Morgan fingerprint density at radius 3 is 2.11 bits per heavy atom. The summed E-state index contributed by atoms with van der Waals surface area (Å²) in [5.74, 6) is -0.159. The molecule has 0 aliphatic rings. The Morgan fingerprint density at radius 1 is 0.895 bits per heavy atom. The van der Waals surface area contributed by atoms with Crippen molar-refractivity contribution in [2.75, 3.05) is 5.32 Å². The first-order valence-corrected chi connectivity index (χ1v) is 6.54. The monoisotopic (exact) mass is 257 g/mol. The number of hydrogen-bond donors (Lipinski definition) is 1. The molecule has 0 spiro atoms. The van der Waals surface area contributed by atoms with Crippen molar-refractivity contribution in [1.29, 1.82) is 0 Å². The van der Waals surface area contributed by atoms with Crippen LogP contribution in [-0.2, 0) is 6.54 Å². The Kier molecular flexibility index (Phi) is 3.89. The highest BCUT2D eigenvalue weighted by Crippen LogP contribution is 2.19. The van der Waals surface area contributed by atoms with Gasteiger partial charge in [-0.1, -0.05) is 17.7 Å². The molecule has 2 rings (SSSR count). The van der Waals surface area contributed by atoms with Crippen LogP contribution in [0.2, 0.25) is 0 Å². The van der Waals surface area contributed by atoms with Crippen LogP contribution in [0.15, 0.2) is 30.3 Å². The number of benzene rings is 2. The zero-order chi connectivity index (χ0) is 14.0. The summed E-state index contributed by atoms with van der Waals surface area (Å²) < 4.78 is 13.2. The number of hydrogen-bond acceptors (Lipinski definition) is 1. The second-order valence-electron chi connectivity index (χ2n) is 5.19. The molecule has 1 nitrogen and oxygen atoms in total. The molecule has 0 amide bonds. The van der Waals surface area contributed by atoms with Gasteiger partial charge in [-0.2, -0.15) is 0 Å². The van der Waals surface area contributed by atoms with E-state index in [1.165, 1.54) is 28.3 Å². The smallest absolute Gasteiger partial charge is 0.126 e. The molecule has 1 N–H and O–H groups in total. The largest absolute Gasteiger partial charge is 0.381 e. The Hall–Kier alpha value is -1.83. The van der Waals surface area contributed by atoms with E-state index in [9.17, 15) is 4.39 Å². The van der Waals surface area contributed by atoms with E-state index in [0.29, 0.717) is 5.56 Å². The van der Waals surface area contributed by atoms with Crippen LogP contribution < -0.4 is 5.32 Å². The summed E-state index contributed by atoms with van der Waals surface area (Å²) in [4.78, 5) is 0. The molecule has 19 heavy (non-hydrogen) atoms. The Balaban J connectivity index is 2.16. The van der Waals surface area contributed by atoms with E-state index in [0.717, 1.165) is 12.2 Å². The first-order chi connectivity index (χ1) is 8.97. The lowest BCUT2D eigenvalue weighted by molar-refractivity contribution is 0.618. The Morgan fingerprint density at radius 2 is 1.53 bits per heavy atom. The van der Waals surface area contributed by atoms with E-state index in [-0.39, 0.29) is 5.82 Å². The molecule has 0 unspecified atom stereocenters.